The van der Waals surface area contributed by atoms with Crippen LogP contribution in [0.15, 0.2) is 22.7 Å². The van der Waals surface area contributed by atoms with Gasteiger partial charge in [-0.3, -0.25) is 0 Å². The number of carbonyl (C=O) groups is 1. The molecule has 2 aromatic rings. The highest BCUT2D eigenvalue weighted by molar-refractivity contribution is 5.90. The largest absolute Gasteiger partial charge is 0.337 e. The third-order valence-electron chi connectivity index (χ3n) is 4.39. The third-order valence-corrected chi connectivity index (χ3v) is 4.39. The molecule has 8 heteroatoms. The molecule has 2 heterocycles. The van der Waals surface area contributed by atoms with E-state index in [1.54, 1.807) is 0 Å². The highest BCUT2D eigenvalue weighted by atomic mass is 19.1. The molecule has 6 nitrogen and oxygen atoms in total. The van der Waals surface area contributed by atoms with Crippen LogP contribution in [-0.4, -0.2) is 27.6 Å². The Morgan fingerprint density at radius 1 is 1.25 bits per heavy atom. The molecule has 1 aromatic carbocycles. The lowest BCUT2D eigenvalue weighted by Gasteiger charge is -2.22. The standard InChI is InChI=1S/C16H16F2N4O2/c17-10-3-1-4-11(18)13(10)19-16(23)22-8-2-5-12(22)15-20-14(21-24-15)9-6-7-9/h1,3-4,9,12H,2,5-8H2,(H,19,23). The number of anilines is 1. The molecule has 0 bridgehead atoms. The van der Waals surface area contributed by atoms with Gasteiger partial charge in [-0.25, -0.2) is 13.6 Å². The quantitative estimate of drug-likeness (QED) is 0.931. The average molecular weight is 334 g/mol. The summed E-state index contributed by atoms with van der Waals surface area (Å²) in [5, 5.41) is 6.27. The molecule has 1 unspecified atom stereocenters. The number of nitrogens with one attached hydrogen (secondary N) is 1. The van der Waals surface area contributed by atoms with E-state index in [1.165, 1.54) is 11.0 Å². The first kappa shape index (κ1) is 15.0. The average Bonchev–Trinajstić information content (AvgIpc) is 3.10. The van der Waals surface area contributed by atoms with Crippen molar-refractivity contribution >= 4 is 11.7 Å². The fourth-order valence-corrected chi connectivity index (χ4v) is 2.95. The van der Waals surface area contributed by atoms with Crippen LogP contribution >= 0.6 is 0 Å². The second kappa shape index (κ2) is 5.85. The Hall–Kier alpha value is -2.51. The zero-order valence-corrected chi connectivity index (χ0v) is 12.8. The first-order valence-corrected chi connectivity index (χ1v) is 7.98. The second-order valence-electron chi connectivity index (χ2n) is 6.14. The van der Waals surface area contributed by atoms with Crippen LogP contribution in [0.1, 0.15) is 49.4 Å². The lowest BCUT2D eigenvalue weighted by atomic mass is 10.2. The van der Waals surface area contributed by atoms with Gasteiger partial charge < -0.3 is 14.7 Å². The van der Waals surface area contributed by atoms with Crippen molar-refractivity contribution in [1.29, 1.82) is 0 Å². The number of hydrogen-bond acceptors (Lipinski definition) is 4. The van der Waals surface area contributed by atoms with Gasteiger partial charge in [-0.05, 0) is 37.8 Å². The van der Waals surface area contributed by atoms with E-state index in [2.05, 4.69) is 15.5 Å². The Morgan fingerprint density at radius 3 is 2.71 bits per heavy atom. The lowest BCUT2D eigenvalue weighted by molar-refractivity contribution is 0.193. The molecule has 4 rings (SSSR count). The zero-order chi connectivity index (χ0) is 16.7. The molecule has 24 heavy (non-hydrogen) atoms. The van der Waals surface area contributed by atoms with Crippen molar-refractivity contribution in [3.63, 3.8) is 0 Å². The van der Waals surface area contributed by atoms with Gasteiger partial charge in [-0.2, -0.15) is 4.98 Å². The topological polar surface area (TPSA) is 71.3 Å². The van der Waals surface area contributed by atoms with Gasteiger partial charge >= 0.3 is 6.03 Å². The minimum Gasteiger partial charge on any atom is -0.337 e. The minimum atomic E-state index is -0.812. The van der Waals surface area contributed by atoms with Crippen molar-refractivity contribution < 1.29 is 18.1 Å². The molecule has 0 spiro atoms. The third kappa shape index (κ3) is 2.72. The molecule has 1 aliphatic carbocycles. The number of para-hydroxylation sites is 1. The van der Waals surface area contributed by atoms with Gasteiger partial charge in [0.25, 0.3) is 0 Å². The fraction of sp³-hybridized carbons (Fsp3) is 0.438. The van der Waals surface area contributed by atoms with Gasteiger partial charge in [0.15, 0.2) is 5.82 Å². The van der Waals surface area contributed by atoms with Gasteiger partial charge in [-0.15, -0.1) is 0 Å². The number of carbonyl (C=O) groups excluding carboxylic acids is 1. The molecule has 1 saturated carbocycles. The van der Waals surface area contributed by atoms with Crippen LogP contribution in [0.25, 0.3) is 0 Å². The highest BCUT2D eigenvalue weighted by Crippen LogP contribution is 2.39. The van der Waals surface area contributed by atoms with Crippen molar-refractivity contribution in [2.75, 3.05) is 11.9 Å². The summed E-state index contributed by atoms with van der Waals surface area (Å²) in [6, 6.07) is 2.50. The number of rotatable bonds is 3. The van der Waals surface area contributed by atoms with Crippen LogP contribution in [0.4, 0.5) is 19.3 Å². The molecule has 1 aromatic heterocycles. The van der Waals surface area contributed by atoms with Crippen LogP contribution in [0.5, 0.6) is 0 Å². The number of hydrogen-bond donors (Lipinski definition) is 1. The molecular weight excluding hydrogens is 318 g/mol. The van der Waals surface area contributed by atoms with E-state index in [1.807, 2.05) is 0 Å². The number of likely N-dealkylation sites (tertiary alicyclic amines) is 1. The van der Waals surface area contributed by atoms with Gasteiger partial charge in [-0.1, -0.05) is 11.2 Å². The maximum atomic E-state index is 13.7. The van der Waals surface area contributed by atoms with Crippen LogP contribution in [0.2, 0.25) is 0 Å². The molecule has 2 fully saturated rings. The van der Waals surface area contributed by atoms with Crippen LogP contribution in [0.3, 0.4) is 0 Å². The van der Waals surface area contributed by atoms with E-state index < -0.39 is 23.4 Å². The summed E-state index contributed by atoms with van der Waals surface area (Å²) >= 11 is 0. The van der Waals surface area contributed by atoms with Crippen LogP contribution < -0.4 is 5.32 Å². The van der Waals surface area contributed by atoms with Crippen molar-refractivity contribution in [3.05, 3.63) is 41.5 Å². The number of benzene rings is 1. The van der Waals surface area contributed by atoms with Gasteiger partial charge in [0.1, 0.15) is 23.4 Å². The summed E-state index contributed by atoms with van der Waals surface area (Å²) in [5.74, 6) is -0.199. The van der Waals surface area contributed by atoms with Crippen molar-refractivity contribution in [2.24, 2.45) is 0 Å². The fourth-order valence-electron chi connectivity index (χ4n) is 2.95. The predicted molar refractivity (Wildman–Crippen MR) is 80.3 cm³/mol. The van der Waals surface area contributed by atoms with E-state index >= 15 is 0 Å². The van der Waals surface area contributed by atoms with Gasteiger partial charge in [0.05, 0.1) is 0 Å². The van der Waals surface area contributed by atoms with Crippen molar-refractivity contribution in [1.82, 2.24) is 15.0 Å². The van der Waals surface area contributed by atoms with E-state index in [0.29, 0.717) is 30.6 Å². The van der Waals surface area contributed by atoms with E-state index in [9.17, 15) is 13.6 Å². The zero-order valence-electron chi connectivity index (χ0n) is 12.8. The van der Waals surface area contributed by atoms with Crippen molar-refractivity contribution in [3.8, 4) is 0 Å². The molecule has 2 aliphatic rings. The van der Waals surface area contributed by atoms with Gasteiger partial charge in [0, 0.05) is 12.5 Å². The van der Waals surface area contributed by atoms with Gasteiger partial charge in [0.2, 0.25) is 5.89 Å². The maximum absolute atomic E-state index is 13.7. The maximum Gasteiger partial charge on any atom is 0.322 e. The summed E-state index contributed by atoms with van der Waals surface area (Å²) < 4.78 is 32.7. The molecule has 1 atom stereocenters. The highest BCUT2D eigenvalue weighted by Gasteiger charge is 2.36. The monoisotopic (exact) mass is 334 g/mol. The Bertz CT molecular complexity index is 755. The molecule has 1 saturated heterocycles. The van der Waals surface area contributed by atoms with E-state index in [4.69, 9.17) is 4.52 Å². The molecule has 126 valence electrons. The number of nitrogens with zero attached hydrogens (tertiary/aromatic N) is 3. The normalized spacial score (nSPS) is 20.4. The molecule has 1 aliphatic heterocycles. The number of amides is 2. The Labute approximate surface area is 136 Å². The summed E-state index contributed by atoms with van der Waals surface area (Å²) in [6.45, 7) is 0.466. The number of aromatic nitrogens is 2. The van der Waals surface area contributed by atoms with E-state index in [0.717, 1.165) is 31.4 Å². The summed E-state index contributed by atoms with van der Waals surface area (Å²) in [5.41, 5.74) is -0.447. The molecule has 0 radical (unpaired) electrons. The number of halogens is 2. The molecule has 1 N–H and O–H groups in total. The molecular formula is C16H16F2N4O2. The van der Waals surface area contributed by atoms with E-state index in [-0.39, 0.29) is 6.04 Å². The first-order chi connectivity index (χ1) is 11.6. The van der Waals surface area contributed by atoms with Crippen LogP contribution in [-0.2, 0) is 0 Å². The predicted octanol–water partition coefficient (Wildman–Crippen LogP) is 3.59. The summed E-state index contributed by atoms with van der Waals surface area (Å²) in [7, 11) is 0. The lowest BCUT2D eigenvalue weighted by Crippen LogP contribution is -2.35. The Balaban J connectivity index is 1.52. The van der Waals surface area contributed by atoms with Crippen LogP contribution in [0, 0.1) is 11.6 Å². The SMILES string of the molecule is O=C(Nc1c(F)cccc1F)N1CCCC1c1nc(C2CC2)no1. The summed E-state index contributed by atoms with van der Waals surface area (Å²) in [4.78, 5) is 18.3. The second-order valence-corrected chi connectivity index (χ2v) is 6.14. The minimum absolute atomic E-state index is 0.360. The molecule has 2 amide bonds. The smallest absolute Gasteiger partial charge is 0.322 e. The number of urea groups is 1. The first-order valence-electron chi connectivity index (χ1n) is 7.98. The Morgan fingerprint density at radius 2 is 2.00 bits per heavy atom. The van der Waals surface area contributed by atoms with Crippen molar-refractivity contribution in [2.45, 2.75) is 37.6 Å². The summed E-state index contributed by atoms with van der Waals surface area (Å²) in [6.07, 6.45) is 3.55. The Kier molecular flexibility index (Phi) is 3.66.